The van der Waals surface area contributed by atoms with Gasteiger partial charge in [-0.05, 0) is 31.2 Å². The molecule has 1 aromatic carbocycles. The molecule has 0 fully saturated rings. The summed E-state index contributed by atoms with van der Waals surface area (Å²) in [5.41, 5.74) is 1.68. The second kappa shape index (κ2) is 5.96. The molecule has 0 saturated heterocycles. The number of aromatic nitrogens is 3. The predicted molar refractivity (Wildman–Crippen MR) is 85.2 cm³/mol. The van der Waals surface area contributed by atoms with Gasteiger partial charge in [-0.3, -0.25) is 9.20 Å². The Bertz CT molecular complexity index is 873. The Morgan fingerprint density at radius 3 is 2.70 bits per heavy atom. The molecule has 0 aliphatic carbocycles. The highest BCUT2D eigenvalue weighted by Gasteiger charge is 2.12. The summed E-state index contributed by atoms with van der Waals surface area (Å²) in [5.74, 6) is 1.69. The molecule has 7 nitrogen and oxygen atoms in total. The van der Waals surface area contributed by atoms with E-state index in [9.17, 15) is 4.79 Å². The van der Waals surface area contributed by atoms with Gasteiger partial charge in [0.1, 0.15) is 17.3 Å². The zero-order chi connectivity index (χ0) is 16.4. The molecule has 0 atom stereocenters. The van der Waals surface area contributed by atoms with Crippen LogP contribution in [0.3, 0.4) is 0 Å². The van der Waals surface area contributed by atoms with Gasteiger partial charge in [-0.25, -0.2) is 0 Å². The molecule has 118 valence electrons. The average molecular weight is 312 g/mol. The third-order valence-electron chi connectivity index (χ3n) is 3.50. The van der Waals surface area contributed by atoms with Crippen molar-refractivity contribution in [1.82, 2.24) is 14.6 Å². The number of fused-ring (bicyclic) bond motifs is 1. The predicted octanol–water partition coefficient (Wildman–Crippen LogP) is 2.31. The van der Waals surface area contributed by atoms with Crippen LogP contribution >= 0.6 is 0 Å². The van der Waals surface area contributed by atoms with Crippen LogP contribution in [0.25, 0.3) is 5.65 Å². The zero-order valence-electron chi connectivity index (χ0n) is 13.0. The Labute approximate surface area is 132 Å². The summed E-state index contributed by atoms with van der Waals surface area (Å²) in [4.78, 5) is 12.4. The molecule has 1 N–H and O–H groups in total. The van der Waals surface area contributed by atoms with Crippen molar-refractivity contribution in [2.75, 3.05) is 19.5 Å². The SMILES string of the molecule is COc1ccc(NC(=O)c2ccn3c(C)nnc3c2)c(OC)c1. The summed E-state index contributed by atoms with van der Waals surface area (Å²) < 4.78 is 12.2. The first-order valence-corrected chi connectivity index (χ1v) is 6.97. The Hall–Kier alpha value is -3.09. The number of nitrogens with one attached hydrogen (secondary N) is 1. The number of aryl methyl sites for hydroxylation is 1. The molecule has 0 bridgehead atoms. The molecule has 7 heteroatoms. The lowest BCUT2D eigenvalue weighted by molar-refractivity contribution is 0.102. The van der Waals surface area contributed by atoms with Gasteiger partial charge in [0.2, 0.25) is 0 Å². The Morgan fingerprint density at radius 2 is 1.96 bits per heavy atom. The number of nitrogens with zero attached hydrogens (tertiary/aromatic N) is 3. The minimum absolute atomic E-state index is 0.253. The molecular formula is C16H16N4O3. The van der Waals surface area contributed by atoms with Crippen molar-refractivity contribution in [2.24, 2.45) is 0 Å². The zero-order valence-corrected chi connectivity index (χ0v) is 13.0. The van der Waals surface area contributed by atoms with E-state index in [1.165, 1.54) is 7.11 Å². The van der Waals surface area contributed by atoms with E-state index >= 15 is 0 Å². The molecule has 0 radical (unpaired) electrons. The molecule has 0 unspecified atom stereocenters. The van der Waals surface area contributed by atoms with Crippen LogP contribution in [0, 0.1) is 6.92 Å². The van der Waals surface area contributed by atoms with Gasteiger partial charge in [-0.2, -0.15) is 0 Å². The minimum Gasteiger partial charge on any atom is -0.497 e. The summed E-state index contributed by atoms with van der Waals surface area (Å²) in [6.45, 7) is 1.85. The number of hydrogen-bond acceptors (Lipinski definition) is 5. The van der Waals surface area contributed by atoms with Gasteiger partial charge in [0, 0.05) is 17.8 Å². The van der Waals surface area contributed by atoms with Crippen LogP contribution in [-0.2, 0) is 0 Å². The maximum absolute atomic E-state index is 12.4. The van der Waals surface area contributed by atoms with Crippen molar-refractivity contribution in [3.8, 4) is 11.5 Å². The molecule has 0 aliphatic rings. The van der Waals surface area contributed by atoms with Crippen LogP contribution in [0.5, 0.6) is 11.5 Å². The fraction of sp³-hybridized carbons (Fsp3) is 0.188. The van der Waals surface area contributed by atoms with E-state index < -0.39 is 0 Å². The van der Waals surface area contributed by atoms with Crippen molar-refractivity contribution in [3.63, 3.8) is 0 Å². The summed E-state index contributed by atoms with van der Waals surface area (Å²) in [7, 11) is 3.11. The highest BCUT2D eigenvalue weighted by atomic mass is 16.5. The quantitative estimate of drug-likeness (QED) is 0.800. The number of ether oxygens (including phenoxy) is 2. The Balaban J connectivity index is 1.88. The van der Waals surface area contributed by atoms with E-state index in [-0.39, 0.29) is 5.91 Å². The standard InChI is InChI=1S/C16H16N4O3/c1-10-18-19-15-8-11(6-7-20(10)15)16(21)17-13-5-4-12(22-2)9-14(13)23-3/h4-9H,1-3H3,(H,17,21). The number of rotatable bonds is 4. The molecular weight excluding hydrogens is 296 g/mol. The highest BCUT2D eigenvalue weighted by molar-refractivity contribution is 6.05. The summed E-state index contributed by atoms with van der Waals surface area (Å²) in [5, 5.41) is 10.8. The van der Waals surface area contributed by atoms with Gasteiger partial charge in [-0.1, -0.05) is 0 Å². The number of carbonyl (C=O) groups excluding carboxylic acids is 1. The van der Waals surface area contributed by atoms with Crippen molar-refractivity contribution in [3.05, 3.63) is 47.9 Å². The third kappa shape index (κ3) is 2.80. The van der Waals surface area contributed by atoms with Gasteiger partial charge < -0.3 is 14.8 Å². The molecule has 23 heavy (non-hydrogen) atoms. The van der Waals surface area contributed by atoms with Crippen molar-refractivity contribution in [2.45, 2.75) is 6.92 Å². The van der Waals surface area contributed by atoms with Crippen LogP contribution in [0.2, 0.25) is 0 Å². The minimum atomic E-state index is -0.253. The first kappa shape index (κ1) is 14.8. The van der Waals surface area contributed by atoms with E-state index in [1.54, 1.807) is 43.6 Å². The number of hydrogen-bond donors (Lipinski definition) is 1. The lowest BCUT2D eigenvalue weighted by Gasteiger charge is -2.11. The molecule has 3 rings (SSSR count). The summed E-state index contributed by atoms with van der Waals surface area (Å²) in [6.07, 6.45) is 1.77. The van der Waals surface area contributed by atoms with Crippen molar-refractivity contribution < 1.29 is 14.3 Å². The first-order valence-electron chi connectivity index (χ1n) is 6.97. The van der Waals surface area contributed by atoms with E-state index in [4.69, 9.17) is 9.47 Å². The first-order chi connectivity index (χ1) is 11.1. The van der Waals surface area contributed by atoms with Gasteiger partial charge in [0.25, 0.3) is 5.91 Å². The van der Waals surface area contributed by atoms with Crippen LogP contribution < -0.4 is 14.8 Å². The normalized spacial score (nSPS) is 10.6. The number of benzene rings is 1. The maximum atomic E-state index is 12.4. The van der Waals surface area contributed by atoms with E-state index in [0.29, 0.717) is 28.4 Å². The van der Waals surface area contributed by atoms with Crippen LogP contribution in [0.1, 0.15) is 16.2 Å². The second-order valence-electron chi connectivity index (χ2n) is 4.91. The smallest absolute Gasteiger partial charge is 0.255 e. The van der Waals surface area contributed by atoms with E-state index in [1.807, 2.05) is 11.3 Å². The Kier molecular flexibility index (Phi) is 3.84. The van der Waals surface area contributed by atoms with Crippen LogP contribution in [0.15, 0.2) is 36.5 Å². The fourth-order valence-electron chi connectivity index (χ4n) is 2.25. The molecule has 0 spiro atoms. The average Bonchev–Trinajstić information content (AvgIpc) is 2.95. The lowest BCUT2D eigenvalue weighted by atomic mass is 10.2. The maximum Gasteiger partial charge on any atom is 0.255 e. The summed E-state index contributed by atoms with van der Waals surface area (Å²) >= 11 is 0. The molecule has 2 heterocycles. The highest BCUT2D eigenvalue weighted by Crippen LogP contribution is 2.29. The second-order valence-corrected chi connectivity index (χ2v) is 4.91. The number of anilines is 1. The number of pyridine rings is 1. The third-order valence-corrected chi connectivity index (χ3v) is 3.50. The monoisotopic (exact) mass is 312 g/mol. The molecule has 0 aliphatic heterocycles. The van der Waals surface area contributed by atoms with Crippen LogP contribution in [0.4, 0.5) is 5.69 Å². The molecule has 2 aromatic heterocycles. The topological polar surface area (TPSA) is 77.8 Å². The van der Waals surface area contributed by atoms with Gasteiger partial charge in [0.05, 0.1) is 19.9 Å². The summed E-state index contributed by atoms with van der Waals surface area (Å²) in [6, 6.07) is 8.60. The van der Waals surface area contributed by atoms with Crippen LogP contribution in [-0.4, -0.2) is 34.7 Å². The lowest BCUT2D eigenvalue weighted by Crippen LogP contribution is -2.13. The van der Waals surface area contributed by atoms with E-state index in [0.717, 1.165) is 5.82 Å². The molecule has 3 aromatic rings. The molecule has 0 saturated carbocycles. The number of carbonyl (C=O) groups is 1. The van der Waals surface area contributed by atoms with Crippen molar-refractivity contribution in [1.29, 1.82) is 0 Å². The molecule has 1 amide bonds. The largest absolute Gasteiger partial charge is 0.497 e. The van der Waals surface area contributed by atoms with Gasteiger partial charge in [0.15, 0.2) is 5.65 Å². The van der Waals surface area contributed by atoms with Gasteiger partial charge in [-0.15, -0.1) is 10.2 Å². The van der Waals surface area contributed by atoms with Crippen molar-refractivity contribution >= 4 is 17.2 Å². The Morgan fingerprint density at radius 1 is 1.13 bits per heavy atom. The van der Waals surface area contributed by atoms with E-state index in [2.05, 4.69) is 15.5 Å². The fourth-order valence-corrected chi connectivity index (χ4v) is 2.25. The number of amides is 1. The number of methoxy groups -OCH3 is 2. The van der Waals surface area contributed by atoms with Gasteiger partial charge >= 0.3 is 0 Å².